The number of ether oxygens (including phenoxy) is 1. The molecular weight excluding hydrogens is 311 g/mol. The normalized spacial score (nSPS) is 13.0. The van der Waals surface area contributed by atoms with Crippen LogP contribution in [0.3, 0.4) is 0 Å². The van der Waals surface area contributed by atoms with Crippen LogP contribution in [0, 0.1) is 5.82 Å². The lowest BCUT2D eigenvalue weighted by molar-refractivity contribution is -0.135. The van der Waals surface area contributed by atoms with Gasteiger partial charge >= 0.3 is 5.97 Å². The number of carboxylic acid groups (broad SMARTS) is 1. The van der Waals surface area contributed by atoms with Gasteiger partial charge in [-0.15, -0.1) is 11.3 Å². The van der Waals surface area contributed by atoms with Gasteiger partial charge in [-0.3, -0.25) is 4.79 Å². The molecule has 112 valence electrons. The maximum atomic E-state index is 13.4. The van der Waals surface area contributed by atoms with Crippen LogP contribution in [0.2, 0.25) is 0 Å². The molecule has 1 aromatic heterocycles. The smallest absolute Gasteiger partial charge is 0.371 e. The fourth-order valence-electron chi connectivity index (χ4n) is 2.10. The highest BCUT2D eigenvalue weighted by Crippen LogP contribution is 2.42. The number of carboxylic acids is 1. The number of carbonyl (C=O) groups excluding carboxylic acids is 1. The molecule has 1 aliphatic rings. The van der Waals surface area contributed by atoms with Gasteiger partial charge in [-0.05, 0) is 24.3 Å². The molecule has 0 fully saturated rings. The lowest BCUT2D eigenvalue weighted by atomic mass is 10.1. The van der Waals surface area contributed by atoms with Crippen LogP contribution in [-0.4, -0.2) is 22.0 Å². The molecule has 0 aliphatic carbocycles. The third-order valence-corrected chi connectivity index (χ3v) is 4.33. The molecule has 0 unspecified atom stereocenters. The average molecular weight is 320 g/mol. The minimum atomic E-state index is -1.58. The number of thiophene rings is 1. The lowest BCUT2D eigenvalue weighted by Crippen LogP contribution is -2.03. The number of hydrogen-bond donors (Lipinski definition) is 2. The number of rotatable bonds is 3. The van der Waals surface area contributed by atoms with Gasteiger partial charge in [0.2, 0.25) is 5.76 Å². The van der Waals surface area contributed by atoms with Crippen molar-refractivity contribution in [3.05, 3.63) is 52.4 Å². The van der Waals surface area contributed by atoms with Crippen LogP contribution in [0.5, 0.6) is 5.75 Å². The number of halogens is 1. The molecule has 0 amide bonds. The summed E-state index contributed by atoms with van der Waals surface area (Å²) in [4.78, 5) is 23.4. The molecule has 2 heterocycles. The van der Waals surface area contributed by atoms with Crippen molar-refractivity contribution in [1.82, 2.24) is 0 Å². The van der Waals surface area contributed by atoms with Crippen LogP contribution in [0.15, 0.2) is 36.1 Å². The van der Waals surface area contributed by atoms with Crippen LogP contribution >= 0.6 is 11.3 Å². The summed E-state index contributed by atoms with van der Waals surface area (Å²) < 4.78 is 18.9. The summed E-state index contributed by atoms with van der Waals surface area (Å²) in [5, 5.41) is 17.7. The van der Waals surface area contributed by atoms with Crippen LogP contribution in [0.4, 0.5) is 4.39 Å². The van der Waals surface area contributed by atoms with Crippen molar-refractivity contribution >= 4 is 23.1 Å². The highest BCUT2D eigenvalue weighted by molar-refractivity contribution is 7.17. The van der Waals surface area contributed by atoms with Gasteiger partial charge in [0.1, 0.15) is 18.2 Å². The molecule has 0 atom stereocenters. The van der Waals surface area contributed by atoms with Crippen molar-refractivity contribution in [1.29, 1.82) is 0 Å². The molecule has 2 aromatic rings. The van der Waals surface area contributed by atoms with Crippen molar-refractivity contribution in [3.63, 3.8) is 0 Å². The van der Waals surface area contributed by atoms with Crippen LogP contribution in [-0.2, 0) is 11.4 Å². The van der Waals surface area contributed by atoms with Crippen molar-refractivity contribution in [2.24, 2.45) is 0 Å². The zero-order chi connectivity index (χ0) is 15.9. The van der Waals surface area contributed by atoms with Crippen LogP contribution in [0.25, 0.3) is 10.4 Å². The molecule has 1 aliphatic heterocycles. The third-order valence-electron chi connectivity index (χ3n) is 3.11. The van der Waals surface area contributed by atoms with Gasteiger partial charge in [0, 0.05) is 22.1 Å². The molecular formula is C15H9FO5S. The van der Waals surface area contributed by atoms with Crippen molar-refractivity contribution in [3.8, 4) is 16.2 Å². The molecule has 3 rings (SSSR count). The molecule has 0 radical (unpaired) electrons. The molecule has 1 aromatic carbocycles. The third kappa shape index (κ3) is 2.46. The summed E-state index contributed by atoms with van der Waals surface area (Å²) in [6, 6.07) is 5.69. The first-order valence-electron chi connectivity index (χ1n) is 6.19. The van der Waals surface area contributed by atoms with E-state index in [4.69, 9.17) is 14.9 Å². The predicted molar refractivity (Wildman–Crippen MR) is 76.7 cm³/mol. The van der Waals surface area contributed by atoms with Gasteiger partial charge in [0.25, 0.3) is 0 Å². The zero-order valence-corrected chi connectivity index (χ0v) is 11.8. The number of benzene rings is 1. The number of ketones is 1. The summed E-state index contributed by atoms with van der Waals surface area (Å²) >= 11 is 1.10. The average Bonchev–Trinajstić information content (AvgIpc) is 2.91. The lowest BCUT2D eigenvalue weighted by Gasteiger charge is -2.17. The number of fused-ring (bicyclic) bond motifs is 3. The maximum absolute atomic E-state index is 13.4. The van der Waals surface area contributed by atoms with Gasteiger partial charge in [0.15, 0.2) is 5.78 Å². The van der Waals surface area contributed by atoms with Crippen molar-refractivity contribution in [2.75, 3.05) is 0 Å². The number of carbonyl (C=O) groups is 2. The number of allylic oxidation sites excluding steroid dienone is 1. The molecule has 0 saturated heterocycles. The van der Waals surface area contributed by atoms with Gasteiger partial charge in [0.05, 0.1) is 4.88 Å². The number of aliphatic carboxylic acids is 1. The highest BCUT2D eigenvalue weighted by Gasteiger charge is 2.23. The Hall–Kier alpha value is -2.67. The SMILES string of the molecule is O=C(O)/C(O)=C/C(=O)c1cc2c(s1)-c1cc(F)ccc1OC2. The molecule has 5 nitrogen and oxygen atoms in total. The first-order chi connectivity index (χ1) is 10.5. The molecule has 22 heavy (non-hydrogen) atoms. The summed E-state index contributed by atoms with van der Waals surface area (Å²) in [7, 11) is 0. The monoisotopic (exact) mass is 320 g/mol. The van der Waals surface area contributed by atoms with E-state index in [0.29, 0.717) is 22.3 Å². The summed E-state index contributed by atoms with van der Waals surface area (Å²) in [5.41, 5.74) is 1.27. The standard InChI is InChI=1S/C15H9FO5S/c16-8-1-2-12-9(4-8)14-7(6-21-12)3-13(22-14)10(17)5-11(18)15(19)20/h1-5,18H,6H2,(H,19,20)/b11-5-. The molecule has 0 spiro atoms. The summed E-state index contributed by atoms with van der Waals surface area (Å²) in [5.74, 6) is -3.12. The second-order valence-corrected chi connectivity index (χ2v) is 5.65. The Kier molecular flexibility index (Phi) is 3.42. The largest absolute Gasteiger partial charge is 0.502 e. The first-order valence-corrected chi connectivity index (χ1v) is 7.01. The second-order valence-electron chi connectivity index (χ2n) is 4.59. The zero-order valence-electron chi connectivity index (χ0n) is 11.0. The van der Waals surface area contributed by atoms with E-state index in [9.17, 15) is 14.0 Å². The van der Waals surface area contributed by atoms with Gasteiger partial charge in [-0.1, -0.05) is 0 Å². The fraction of sp³-hybridized carbons (Fsp3) is 0.0667. The summed E-state index contributed by atoms with van der Waals surface area (Å²) in [6.45, 7) is 0.242. The van der Waals surface area contributed by atoms with E-state index < -0.39 is 23.3 Å². The quantitative estimate of drug-likeness (QED) is 0.515. The van der Waals surface area contributed by atoms with E-state index in [-0.39, 0.29) is 11.5 Å². The molecule has 0 bridgehead atoms. The van der Waals surface area contributed by atoms with Crippen molar-refractivity contribution < 1.29 is 28.9 Å². The number of aliphatic hydroxyl groups is 1. The Labute approximate surface area is 127 Å². The van der Waals surface area contributed by atoms with Gasteiger partial charge in [-0.25, -0.2) is 9.18 Å². The second kappa shape index (κ2) is 5.27. The number of aliphatic hydroxyl groups excluding tert-OH is 1. The Morgan fingerprint density at radius 3 is 2.77 bits per heavy atom. The van der Waals surface area contributed by atoms with E-state index in [1.807, 2.05) is 0 Å². The first kappa shape index (κ1) is 14.3. The minimum Gasteiger partial charge on any atom is -0.502 e. The minimum absolute atomic E-state index is 0.242. The number of hydrogen-bond acceptors (Lipinski definition) is 5. The summed E-state index contributed by atoms with van der Waals surface area (Å²) in [6.07, 6.45) is 0.646. The van der Waals surface area contributed by atoms with Crippen LogP contribution < -0.4 is 4.74 Å². The Morgan fingerprint density at radius 2 is 2.05 bits per heavy atom. The van der Waals surface area contributed by atoms with E-state index in [1.165, 1.54) is 18.2 Å². The Balaban J connectivity index is 2.02. The van der Waals surface area contributed by atoms with Gasteiger partial charge < -0.3 is 14.9 Å². The molecule has 7 heteroatoms. The maximum Gasteiger partial charge on any atom is 0.371 e. The van der Waals surface area contributed by atoms with E-state index in [0.717, 1.165) is 16.9 Å². The Bertz CT molecular complexity index is 821. The topological polar surface area (TPSA) is 83.8 Å². The molecule has 2 N–H and O–H groups in total. The van der Waals surface area contributed by atoms with E-state index in [1.54, 1.807) is 6.07 Å². The highest BCUT2D eigenvalue weighted by atomic mass is 32.1. The van der Waals surface area contributed by atoms with Crippen molar-refractivity contribution in [2.45, 2.75) is 6.61 Å². The molecule has 0 saturated carbocycles. The predicted octanol–water partition coefficient (Wildman–Crippen LogP) is 3.16. The van der Waals surface area contributed by atoms with E-state index in [2.05, 4.69) is 0 Å². The Morgan fingerprint density at radius 1 is 1.27 bits per heavy atom. The fourth-order valence-corrected chi connectivity index (χ4v) is 3.20. The van der Waals surface area contributed by atoms with E-state index >= 15 is 0 Å². The van der Waals surface area contributed by atoms with Crippen LogP contribution in [0.1, 0.15) is 15.2 Å². The van der Waals surface area contributed by atoms with Gasteiger partial charge in [-0.2, -0.15) is 0 Å².